The Labute approximate surface area is 187 Å². The minimum atomic E-state index is -0.136. The number of halogens is 3. The summed E-state index contributed by atoms with van der Waals surface area (Å²) in [5, 5.41) is 7.52. The molecule has 1 aromatic heterocycles. The number of hydrogen-bond acceptors (Lipinski definition) is 5. The van der Waals surface area contributed by atoms with Crippen LogP contribution in [0.15, 0.2) is 24.3 Å². The van der Waals surface area contributed by atoms with Crippen molar-refractivity contribution in [3.63, 3.8) is 0 Å². The molecule has 0 atom stereocenters. The van der Waals surface area contributed by atoms with Gasteiger partial charge in [-0.05, 0) is 50.8 Å². The topological polar surface area (TPSA) is 70.2 Å². The summed E-state index contributed by atoms with van der Waals surface area (Å²) in [4.78, 5) is 23.3. The van der Waals surface area contributed by atoms with E-state index in [1.54, 1.807) is 18.2 Å². The molecule has 1 heterocycles. The van der Waals surface area contributed by atoms with Crippen LogP contribution in [0.3, 0.4) is 0 Å². The number of hydrogen-bond donors (Lipinski definition) is 2. The molecule has 0 radical (unpaired) electrons. The quantitative estimate of drug-likeness (QED) is 0.677. The van der Waals surface area contributed by atoms with Gasteiger partial charge in [0, 0.05) is 47.9 Å². The van der Waals surface area contributed by atoms with Crippen molar-refractivity contribution in [3.05, 3.63) is 45.7 Å². The second-order valence-corrected chi connectivity index (χ2v) is 8.25. The van der Waals surface area contributed by atoms with Crippen LogP contribution in [-0.2, 0) is 0 Å². The monoisotopic (exact) mass is 457 g/mol. The highest BCUT2D eigenvalue weighted by atomic mass is 35.5. The van der Waals surface area contributed by atoms with E-state index in [1.807, 2.05) is 32.0 Å². The highest BCUT2D eigenvalue weighted by molar-refractivity contribution is 6.35. The Bertz CT molecular complexity index is 834. The lowest BCUT2D eigenvalue weighted by Gasteiger charge is -2.30. The average Bonchev–Trinajstić information content (AvgIpc) is 2.62. The molecule has 1 aliphatic carbocycles. The Kier molecular flexibility index (Phi) is 8.37. The summed E-state index contributed by atoms with van der Waals surface area (Å²) in [6.07, 6.45) is 3.73. The van der Waals surface area contributed by atoms with Gasteiger partial charge in [0.2, 0.25) is 0 Å². The maximum atomic E-state index is 12.5. The van der Waals surface area contributed by atoms with Crippen molar-refractivity contribution in [3.8, 4) is 0 Å². The molecule has 0 aliphatic heterocycles. The molecule has 6 nitrogen and oxygen atoms in total. The molecule has 0 unspecified atom stereocenters. The number of aromatic nitrogens is 2. The second kappa shape index (κ2) is 10.3. The van der Waals surface area contributed by atoms with Crippen molar-refractivity contribution < 1.29 is 4.79 Å². The van der Waals surface area contributed by atoms with Gasteiger partial charge in [-0.25, -0.2) is 9.97 Å². The van der Waals surface area contributed by atoms with Crippen molar-refractivity contribution in [2.75, 3.05) is 24.3 Å². The van der Waals surface area contributed by atoms with Gasteiger partial charge < -0.3 is 15.5 Å². The Balaban J connectivity index is 0.00000300. The molecule has 1 fully saturated rings. The predicted molar refractivity (Wildman–Crippen MR) is 122 cm³/mol. The van der Waals surface area contributed by atoms with Gasteiger partial charge in [-0.3, -0.25) is 4.79 Å². The predicted octanol–water partition coefficient (Wildman–Crippen LogP) is 4.73. The normalized spacial score (nSPS) is 18.5. The summed E-state index contributed by atoms with van der Waals surface area (Å²) < 4.78 is 0. The first kappa shape index (κ1) is 23.5. The van der Waals surface area contributed by atoms with Gasteiger partial charge in [0.25, 0.3) is 5.91 Å². The SMILES string of the molecule is Cc1nc(N[C@H]2CC[C@@H](NC(=O)c3cc(Cl)cc(Cl)c3)CC2)cc(N(C)C)n1.Cl. The van der Waals surface area contributed by atoms with Gasteiger partial charge in [0.15, 0.2) is 0 Å². The first-order valence-corrected chi connectivity index (χ1v) is 10.1. The fourth-order valence-corrected chi connectivity index (χ4v) is 3.93. The van der Waals surface area contributed by atoms with Gasteiger partial charge in [-0.15, -0.1) is 12.4 Å². The first-order valence-electron chi connectivity index (χ1n) is 9.36. The minimum Gasteiger partial charge on any atom is -0.367 e. The third kappa shape index (κ3) is 6.63. The number of carbonyl (C=O) groups is 1. The fourth-order valence-electron chi connectivity index (χ4n) is 3.40. The van der Waals surface area contributed by atoms with E-state index in [0.29, 0.717) is 21.7 Å². The molecule has 29 heavy (non-hydrogen) atoms. The lowest BCUT2D eigenvalue weighted by atomic mass is 9.91. The molecule has 158 valence electrons. The average molecular weight is 459 g/mol. The molecule has 0 spiro atoms. The number of nitrogens with one attached hydrogen (secondary N) is 2. The maximum Gasteiger partial charge on any atom is 0.251 e. The summed E-state index contributed by atoms with van der Waals surface area (Å²) >= 11 is 12.0. The number of rotatable bonds is 5. The molecular formula is C20H26Cl3N5O. The van der Waals surface area contributed by atoms with Crippen LogP contribution < -0.4 is 15.5 Å². The van der Waals surface area contributed by atoms with Crippen molar-refractivity contribution >= 4 is 53.2 Å². The molecule has 0 saturated heterocycles. The minimum absolute atomic E-state index is 0. The number of aryl methyl sites for hydroxylation is 1. The van der Waals surface area contributed by atoms with Crippen LogP contribution in [0.5, 0.6) is 0 Å². The summed E-state index contributed by atoms with van der Waals surface area (Å²) in [5.41, 5.74) is 0.491. The lowest BCUT2D eigenvalue weighted by Crippen LogP contribution is -2.40. The molecule has 0 bridgehead atoms. The smallest absolute Gasteiger partial charge is 0.251 e. The Hall–Kier alpha value is -1.76. The van der Waals surface area contributed by atoms with E-state index in [9.17, 15) is 4.79 Å². The molecule has 1 aliphatic rings. The summed E-state index contributed by atoms with van der Waals surface area (Å²) in [6, 6.07) is 7.33. The third-order valence-corrected chi connectivity index (χ3v) is 5.26. The highest BCUT2D eigenvalue weighted by Crippen LogP contribution is 2.24. The van der Waals surface area contributed by atoms with E-state index in [2.05, 4.69) is 20.6 Å². The molecule has 2 N–H and O–H groups in total. The number of benzene rings is 1. The van der Waals surface area contributed by atoms with Crippen LogP contribution in [0.25, 0.3) is 0 Å². The Morgan fingerprint density at radius 2 is 1.59 bits per heavy atom. The van der Waals surface area contributed by atoms with Crippen LogP contribution >= 0.6 is 35.6 Å². The zero-order chi connectivity index (χ0) is 20.3. The van der Waals surface area contributed by atoms with Gasteiger partial charge in [-0.1, -0.05) is 23.2 Å². The van der Waals surface area contributed by atoms with Crippen LogP contribution in [0.4, 0.5) is 11.6 Å². The molecule has 2 aromatic rings. The fraction of sp³-hybridized carbons (Fsp3) is 0.450. The van der Waals surface area contributed by atoms with Crippen LogP contribution in [0, 0.1) is 6.92 Å². The van der Waals surface area contributed by atoms with Crippen LogP contribution in [0.2, 0.25) is 10.0 Å². The van der Waals surface area contributed by atoms with E-state index in [-0.39, 0.29) is 24.4 Å². The number of amides is 1. The van der Waals surface area contributed by atoms with Gasteiger partial charge in [0.1, 0.15) is 17.5 Å². The number of carbonyl (C=O) groups excluding carboxylic acids is 1. The highest BCUT2D eigenvalue weighted by Gasteiger charge is 2.23. The van der Waals surface area contributed by atoms with Gasteiger partial charge in [0.05, 0.1) is 0 Å². The van der Waals surface area contributed by atoms with Crippen LogP contribution in [0.1, 0.15) is 41.9 Å². The van der Waals surface area contributed by atoms with Crippen molar-refractivity contribution in [1.29, 1.82) is 0 Å². The van der Waals surface area contributed by atoms with E-state index >= 15 is 0 Å². The van der Waals surface area contributed by atoms with Crippen molar-refractivity contribution in [2.45, 2.75) is 44.7 Å². The van der Waals surface area contributed by atoms with E-state index in [1.165, 1.54) is 0 Å². The number of nitrogens with zero attached hydrogens (tertiary/aromatic N) is 3. The first-order chi connectivity index (χ1) is 13.3. The second-order valence-electron chi connectivity index (χ2n) is 7.38. The third-order valence-electron chi connectivity index (χ3n) is 4.82. The lowest BCUT2D eigenvalue weighted by molar-refractivity contribution is 0.0926. The van der Waals surface area contributed by atoms with Crippen molar-refractivity contribution in [1.82, 2.24) is 15.3 Å². The van der Waals surface area contributed by atoms with Crippen LogP contribution in [-0.4, -0.2) is 42.1 Å². The Morgan fingerprint density at radius 3 is 2.17 bits per heavy atom. The van der Waals surface area contributed by atoms with Crippen molar-refractivity contribution in [2.24, 2.45) is 0 Å². The van der Waals surface area contributed by atoms with Gasteiger partial charge in [-0.2, -0.15) is 0 Å². The molecular weight excluding hydrogens is 433 g/mol. The molecule has 3 rings (SSSR count). The molecule has 9 heteroatoms. The van der Waals surface area contributed by atoms with Gasteiger partial charge >= 0.3 is 0 Å². The molecule has 1 aromatic carbocycles. The molecule has 1 saturated carbocycles. The van der Waals surface area contributed by atoms with E-state index < -0.39 is 0 Å². The largest absolute Gasteiger partial charge is 0.367 e. The summed E-state index contributed by atoms with van der Waals surface area (Å²) in [6.45, 7) is 1.90. The summed E-state index contributed by atoms with van der Waals surface area (Å²) in [5.74, 6) is 2.34. The standard InChI is InChI=1S/C20H25Cl2N5O.ClH/c1-12-23-18(11-19(24-12)27(2)3)25-16-4-6-17(7-5-16)26-20(28)13-8-14(21)10-15(22)9-13;/h8-11,16-17H,4-7H2,1-3H3,(H,26,28)(H,23,24,25);1H/t16-,17+;. The summed E-state index contributed by atoms with van der Waals surface area (Å²) in [7, 11) is 3.93. The maximum absolute atomic E-state index is 12.5. The zero-order valence-electron chi connectivity index (χ0n) is 16.7. The van der Waals surface area contributed by atoms with E-state index in [0.717, 1.165) is 43.1 Å². The number of anilines is 2. The Morgan fingerprint density at radius 1 is 1.00 bits per heavy atom. The van der Waals surface area contributed by atoms with E-state index in [4.69, 9.17) is 23.2 Å². The molecule has 1 amide bonds. The zero-order valence-corrected chi connectivity index (χ0v) is 19.0.